The first-order chi connectivity index (χ1) is 2.89. The van der Waals surface area contributed by atoms with E-state index in [1.807, 2.05) is 0 Å². The van der Waals surface area contributed by atoms with Crippen LogP contribution < -0.4 is 0 Å². The van der Waals surface area contributed by atoms with E-state index in [9.17, 15) is 0 Å². The molecule has 1 unspecified atom stereocenters. The van der Waals surface area contributed by atoms with E-state index in [-0.39, 0.29) is 0 Å². The van der Waals surface area contributed by atoms with Crippen molar-refractivity contribution in [1.29, 1.82) is 0 Å². The second-order valence-electron chi connectivity index (χ2n) is 1.68. The third-order valence-electron chi connectivity index (χ3n) is 0.999. The molecule has 0 amide bonds. The summed E-state index contributed by atoms with van der Waals surface area (Å²) in [5.41, 5.74) is 1.59. The maximum Gasteiger partial charge on any atom is -0.0142 e. The third-order valence-corrected chi connectivity index (χ3v) is 2.30. The van der Waals surface area contributed by atoms with Crippen molar-refractivity contribution >= 4 is 8.58 Å². The maximum absolute atomic E-state index is 2.33. The molecule has 1 heterocycles. The molecule has 0 saturated heterocycles. The molecule has 0 fully saturated rings. The van der Waals surface area contributed by atoms with E-state index in [4.69, 9.17) is 0 Å². The Morgan fingerprint density at radius 3 is 2.83 bits per heavy atom. The Morgan fingerprint density at radius 1 is 1.83 bits per heavy atom. The lowest BCUT2D eigenvalue weighted by atomic mass is 10.3. The number of allylic oxidation sites excluding steroid dienone is 2. The minimum absolute atomic E-state index is 1.20. The summed E-state index contributed by atoms with van der Waals surface area (Å²) in [6.45, 7) is 2.21. The summed E-state index contributed by atoms with van der Waals surface area (Å²) >= 11 is 0. The molecule has 1 rings (SSSR count). The molecule has 0 aromatic carbocycles. The fourth-order valence-electron chi connectivity index (χ4n) is 0.588. The minimum atomic E-state index is 1.20. The minimum Gasteiger partial charge on any atom is -0.114 e. The molecule has 0 N–H and O–H groups in total. The predicted molar refractivity (Wildman–Crippen MR) is 31.8 cm³/mol. The first-order valence-corrected chi connectivity index (χ1v) is 3.67. The first kappa shape index (κ1) is 4.33. The Labute approximate surface area is 40.4 Å². The largest absolute Gasteiger partial charge is 0.114 e. The smallest absolute Gasteiger partial charge is 0.0142 e. The van der Waals surface area contributed by atoms with E-state index >= 15 is 0 Å². The van der Waals surface area contributed by atoms with Crippen molar-refractivity contribution in [2.24, 2.45) is 0 Å². The molecule has 34 valence electrons. The molecule has 0 saturated carbocycles. The standard InChI is InChI=1S/C5H9P/c1-5-2-3-6-4-5/h2,6H,3-4H2,1H3. The van der Waals surface area contributed by atoms with Crippen molar-refractivity contribution in [3.63, 3.8) is 0 Å². The Morgan fingerprint density at radius 2 is 2.67 bits per heavy atom. The molecule has 0 aromatic rings. The van der Waals surface area contributed by atoms with Crippen LogP contribution >= 0.6 is 8.58 Å². The van der Waals surface area contributed by atoms with Gasteiger partial charge in [-0.25, -0.2) is 0 Å². The van der Waals surface area contributed by atoms with Crippen LogP contribution in [0.5, 0.6) is 0 Å². The zero-order valence-corrected chi connectivity index (χ0v) is 4.99. The highest BCUT2D eigenvalue weighted by Crippen LogP contribution is 2.21. The molecular weight excluding hydrogens is 91.0 g/mol. The van der Waals surface area contributed by atoms with Crippen LogP contribution in [-0.4, -0.2) is 12.3 Å². The van der Waals surface area contributed by atoms with Crippen molar-refractivity contribution in [1.82, 2.24) is 0 Å². The number of rotatable bonds is 0. The van der Waals surface area contributed by atoms with Gasteiger partial charge in [-0.3, -0.25) is 0 Å². The maximum atomic E-state index is 2.33. The molecular formula is C5H9P. The van der Waals surface area contributed by atoms with E-state index < -0.39 is 0 Å². The van der Waals surface area contributed by atoms with Gasteiger partial charge in [-0.2, -0.15) is 0 Å². The van der Waals surface area contributed by atoms with Gasteiger partial charge in [0.2, 0.25) is 0 Å². The second-order valence-corrected chi connectivity index (χ2v) is 2.94. The Hall–Kier alpha value is 0.170. The van der Waals surface area contributed by atoms with Gasteiger partial charge in [0, 0.05) is 0 Å². The zero-order valence-electron chi connectivity index (χ0n) is 3.99. The predicted octanol–water partition coefficient (Wildman–Crippen LogP) is 1.62. The highest BCUT2D eigenvalue weighted by molar-refractivity contribution is 7.39. The van der Waals surface area contributed by atoms with E-state index in [2.05, 4.69) is 13.0 Å². The summed E-state index contributed by atoms with van der Waals surface area (Å²) < 4.78 is 0. The summed E-state index contributed by atoms with van der Waals surface area (Å²) in [7, 11) is 1.20. The van der Waals surface area contributed by atoms with Crippen LogP contribution in [0.25, 0.3) is 0 Å². The second kappa shape index (κ2) is 1.75. The number of hydrogen-bond acceptors (Lipinski definition) is 0. The van der Waals surface area contributed by atoms with Crippen LogP contribution in [0.4, 0.5) is 0 Å². The van der Waals surface area contributed by atoms with Crippen LogP contribution in [0.15, 0.2) is 11.6 Å². The molecule has 1 aliphatic rings. The molecule has 1 aliphatic heterocycles. The fraction of sp³-hybridized carbons (Fsp3) is 0.600. The van der Waals surface area contributed by atoms with E-state index in [0.29, 0.717) is 0 Å². The molecule has 0 nitrogen and oxygen atoms in total. The fourth-order valence-corrected chi connectivity index (χ4v) is 1.76. The van der Waals surface area contributed by atoms with Crippen LogP contribution in [0.3, 0.4) is 0 Å². The molecule has 0 aliphatic carbocycles. The van der Waals surface area contributed by atoms with Gasteiger partial charge in [-0.15, -0.1) is 8.58 Å². The summed E-state index contributed by atoms with van der Waals surface area (Å²) in [4.78, 5) is 0. The van der Waals surface area contributed by atoms with Crippen LogP contribution in [0.1, 0.15) is 6.92 Å². The van der Waals surface area contributed by atoms with Crippen LogP contribution in [0.2, 0.25) is 0 Å². The highest BCUT2D eigenvalue weighted by Gasteiger charge is 1.94. The average Bonchev–Trinajstić information content (AvgIpc) is 1.86. The lowest BCUT2D eigenvalue weighted by Crippen LogP contribution is -1.64. The van der Waals surface area contributed by atoms with Crippen molar-refractivity contribution in [3.8, 4) is 0 Å². The van der Waals surface area contributed by atoms with Gasteiger partial charge in [0.1, 0.15) is 0 Å². The van der Waals surface area contributed by atoms with E-state index in [1.165, 1.54) is 20.9 Å². The monoisotopic (exact) mass is 100 g/mol. The van der Waals surface area contributed by atoms with Gasteiger partial charge in [0.15, 0.2) is 0 Å². The van der Waals surface area contributed by atoms with Crippen LogP contribution in [0, 0.1) is 0 Å². The average molecular weight is 100 g/mol. The van der Waals surface area contributed by atoms with Crippen LogP contribution in [-0.2, 0) is 0 Å². The summed E-state index contributed by atoms with van der Waals surface area (Å²) in [5.74, 6) is 0. The Kier molecular flexibility index (Phi) is 1.26. The summed E-state index contributed by atoms with van der Waals surface area (Å²) in [5, 5.41) is 0. The molecule has 0 bridgehead atoms. The molecule has 1 atom stereocenters. The normalized spacial score (nSPS) is 25.2. The first-order valence-electron chi connectivity index (χ1n) is 2.26. The topological polar surface area (TPSA) is 0 Å². The van der Waals surface area contributed by atoms with Crippen molar-refractivity contribution in [2.45, 2.75) is 6.92 Å². The molecule has 0 radical (unpaired) electrons. The van der Waals surface area contributed by atoms with Gasteiger partial charge in [0.05, 0.1) is 0 Å². The quantitative estimate of drug-likeness (QED) is 0.320. The highest BCUT2D eigenvalue weighted by atomic mass is 31.1. The van der Waals surface area contributed by atoms with Gasteiger partial charge in [0.25, 0.3) is 0 Å². The van der Waals surface area contributed by atoms with Gasteiger partial charge in [-0.05, 0) is 19.2 Å². The number of hydrogen-bond donors (Lipinski definition) is 0. The lowest BCUT2D eigenvalue weighted by Gasteiger charge is -1.80. The van der Waals surface area contributed by atoms with Gasteiger partial charge in [-0.1, -0.05) is 11.6 Å². The molecule has 0 aromatic heterocycles. The third kappa shape index (κ3) is 0.815. The Bertz CT molecular complexity index is 74.0. The molecule has 1 heteroatoms. The molecule has 6 heavy (non-hydrogen) atoms. The summed E-state index contributed by atoms with van der Waals surface area (Å²) in [6.07, 6.45) is 5.06. The zero-order chi connectivity index (χ0) is 4.41. The van der Waals surface area contributed by atoms with E-state index in [0.717, 1.165) is 0 Å². The lowest BCUT2D eigenvalue weighted by molar-refractivity contribution is 1.43. The van der Waals surface area contributed by atoms with Crippen molar-refractivity contribution in [3.05, 3.63) is 11.6 Å². The van der Waals surface area contributed by atoms with Gasteiger partial charge >= 0.3 is 0 Å². The summed E-state index contributed by atoms with van der Waals surface area (Å²) in [6, 6.07) is 0. The van der Waals surface area contributed by atoms with Crippen molar-refractivity contribution in [2.75, 3.05) is 12.3 Å². The molecule has 0 spiro atoms. The van der Waals surface area contributed by atoms with Gasteiger partial charge < -0.3 is 0 Å². The Balaban J connectivity index is 2.45. The van der Waals surface area contributed by atoms with Crippen molar-refractivity contribution < 1.29 is 0 Å². The SMILES string of the molecule is CC1=CCPC1. The van der Waals surface area contributed by atoms with E-state index in [1.54, 1.807) is 5.57 Å².